The highest BCUT2D eigenvalue weighted by Crippen LogP contribution is 2.07. The molecule has 0 amide bonds. The molecule has 6 heteroatoms. The topological polar surface area (TPSA) is 43.2 Å². The van der Waals surface area contributed by atoms with Crippen LogP contribution in [0.15, 0.2) is 23.3 Å². The molecule has 0 saturated carbocycles. The van der Waals surface area contributed by atoms with Gasteiger partial charge in [-0.15, -0.1) is 11.3 Å². The lowest BCUT2D eigenvalue weighted by atomic mass is 10.4. The third kappa shape index (κ3) is 3.63. The molecule has 5 nitrogen and oxygen atoms in total. The highest BCUT2D eigenvalue weighted by Gasteiger charge is 2.07. The van der Waals surface area contributed by atoms with Gasteiger partial charge in [-0.25, -0.2) is 9.97 Å². The summed E-state index contributed by atoms with van der Waals surface area (Å²) >= 11 is 1.63. The SMILES string of the molecule is COCCn1ccnc1CN(C)Cc1cscn1. The van der Waals surface area contributed by atoms with Crippen molar-refractivity contribution in [1.29, 1.82) is 0 Å². The number of rotatable bonds is 7. The second-order valence-electron chi connectivity index (χ2n) is 4.18. The number of thiazole rings is 1. The van der Waals surface area contributed by atoms with Crippen LogP contribution < -0.4 is 0 Å². The van der Waals surface area contributed by atoms with Crippen LogP contribution in [-0.4, -0.2) is 40.2 Å². The summed E-state index contributed by atoms with van der Waals surface area (Å²) < 4.78 is 7.22. The molecule has 0 aliphatic heterocycles. The van der Waals surface area contributed by atoms with E-state index in [0.29, 0.717) is 6.61 Å². The Morgan fingerprint density at radius 3 is 3.00 bits per heavy atom. The smallest absolute Gasteiger partial charge is 0.122 e. The lowest BCUT2D eigenvalue weighted by Crippen LogP contribution is -2.20. The molecule has 0 fully saturated rings. The van der Waals surface area contributed by atoms with Crippen LogP contribution in [0.4, 0.5) is 0 Å². The van der Waals surface area contributed by atoms with Crippen molar-refractivity contribution in [3.8, 4) is 0 Å². The number of ether oxygens (including phenoxy) is 1. The number of aromatic nitrogens is 3. The number of hydrogen-bond donors (Lipinski definition) is 0. The zero-order chi connectivity index (χ0) is 12.8. The molecule has 0 spiro atoms. The lowest BCUT2D eigenvalue weighted by Gasteiger charge is -2.16. The zero-order valence-corrected chi connectivity index (χ0v) is 11.6. The Kier molecular flexibility index (Phi) is 4.86. The van der Waals surface area contributed by atoms with Gasteiger partial charge in [-0.3, -0.25) is 4.90 Å². The highest BCUT2D eigenvalue weighted by molar-refractivity contribution is 7.07. The Balaban J connectivity index is 1.90. The molecule has 0 aliphatic rings. The Labute approximate surface area is 111 Å². The molecule has 2 heterocycles. The maximum Gasteiger partial charge on any atom is 0.122 e. The van der Waals surface area contributed by atoms with Crippen LogP contribution in [0.2, 0.25) is 0 Å². The van der Waals surface area contributed by atoms with Crippen molar-refractivity contribution in [1.82, 2.24) is 19.4 Å². The third-order valence-corrected chi connectivity index (χ3v) is 3.30. The molecule has 0 aromatic carbocycles. The molecule has 0 N–H and O–H groups in total. The summed E-state index contributed by atoms with van der Waals surface area (Å²) in [6, 6.07) is 0. The number of methoxy groups -OCH3 is 1. The molecule has 2 rings (SSSR count). The van der Waals surface area contributed by atoms with Crippen LogP contribution in [0.5, 0.6) is 0 Å². The number of nitrogens with zero attached hydrogens (tertiary/aromatic N) is 4. The minimum absolute atomic E-state index is 0.708. The molecular formula is C12H18N4OS. The first-order chi connectivity index (χ1) is 8.79. The van der Waals surface area contributed by atoms with E-state index >= 15 is 0 Å². The van der Waals surface area contributed by atoms with E-state index in [1.807, 2.05) is 17.9 Å². The summed E-state index contributed by atoms with van der Waals surface area (Å²) in [6.07, 6.45) is 3.83. The predicted molar refractivity (Wildman–Crippen MR) is 71.4 cm³/mol. The summed E-state index contributed by atoms with van der Waals surface area (Å²) in [5.74, 6) is 1.06. The van der Waals surface area contributed by atoms with Gasteiger partial charge in [0.1, 0.15) is 5.82 Å². The Hall–Kier alpha value is -1.24. The summed E-state index contributed by atoms with van der Waals surface area (Å²) in [4.78, 5) is 10.9. The molecule has 0 aliphatic carbocycles. The first-order valence-electron chi connectivity index (χ1n) is 5.84. The van der Waals surface area contributed by atoms with E-state index in [2.05, 4.69) is 31.9 Å². The largest absolute Gasteiger partial charge is 0.383 e. The van der Waals surface area contributed by atoms with E-state index in [1.165, 1.54) is 0 Å². The van der Waals surface area contributed by atoms with Gasteiger partial charge in [-0.2, -0.15) is 0 Å². The van der Waals surface area contributed by atoms with Gasteiger partial charge in [-0.05, 0) is 7.05 Å². The van der Waals surface area contributed by atoms with E-state index in [4.69, 9.17) is 4.74 Å². The van der Waals surface area contributed by atoms with E-state index in [1.54, 1.807) is 18.4 Å². The van der Waals surface area contributed by atoms with Crippen molar-refractivity contribution >= 4 is 11.3 Å². The van der Waals surface area contributed by atoms with Crippen molar-refractivity contribution in [2.24, 2.45) is 0 Å². The van der Waals surface area contributed by atoms with Crippen LogP contribution in [0, 0.1) is 0 Å². The standard InChI is InChI=1S/C12H18N4OS/c1-15(7-11-9-18-10-14-11)8-12-13-3-4-16(12)5-6-17-2/h3-4,9-10H,5-8H2,1-2H3. The van der Waals surface area contributed by atoms with Gasteiger partial charge in [-0.1, -0.05) is 0 Å². The Morgan fingerprint density at radius 2 is 2.28 bits per heavy atom. The molecular weight excluding hydrogens is 248 g/mol. The summed E-state index contributed by atoms with van der Waals surface area (Å²) in [7, 11) is 3.79. The molecule has 0 saturated heterocycles. The molecule has 0 bridgehead atoms. The van der Waals surface area contributed by atoms with Gasteiger partial charge in [0.2, 0.25) is 0 Å². The molecule has 0 unspecified atom stereocenters. The van der Waals surface area contributed by atoms with Gasteiger partial charge in [0, 0.05) is 38.0 Å². The van der Waals surface area contributed by atoms with E-state index in [-0.39, 0.29) is 0 Å². The van der Waals surface area contributed by atoms with Crippen molar-refractivity contribution < 1.29 is 4.74 Å². The summed E-state index contributed by atoms with van der Waals surface area (Å²) in [6.45, 7) is 3.21. The first-order valence-corrected chi connectivity index (χ1v) is 6.78. The zero-order valence-electron chi connectivity index (χ0n) is 10.7. The van der Waals surface area contributed by atoms with Crippen LogP contribution in [0.3, 0.4) is 0 Å². The van der Waals surface area contributed by atoms with E-state index in [9.17, 15) is 0 Å². The third-order valence-electron chi connectivity index (χ3n) is 2.66. The molecule has 0 radical (unpaired) electrons. The van der Waals surface area contributed by atoms with Gasteiger partial charge >= 0.3 is 0 Å². The maximum atomic E-state index is 5.09. The van der Waals surface area contributed by atoms with E-state index in [0.717, 1.165) is 31.2 Å². The van der Waals surface area contributed by atoms with Crippen molar-refractivity contribution in [3.63, 3.8) is 0 Å². The van der Waals surface area contributed by atoms with Crippen LogP contribution in [0.1, 0.15) is 11.5 Å². The Bertz CT molecular complexity index is 454. The van der Waals surface area contributed by atoms with Gasteiger partial charge in [0.25, 0.3) is 0 Å². The molecule has 98 valence electrons. The highest BCUT2D eigenvalue weighted by atomic mass is 32.1. The van der Waals surface area contributed by atoms with Crippen molar-refractivity contribution in [2.75, 3.05) is 20.8 Å². The maximum absolute atomic E-state index is 5.09. The Morgan fingerprint density at radius 1 is 1.39 bits per heavy atom. The predicted octanol–water partition coefficient (Wildman–Crippen LogP) is 1.62. The monoisotopic (exact) mass is 266 g/mol. The minimum atomic E-state index is 0.708. The lowest BCUT2D eigenvalue weighted by molar-refractivity contribution is 0.184. The van der Waals surface area contributed by atoms with Crippen molar-refractivity contribution in [3.05, 3.63) is 34.8 Å². The number of hydrogen-bond acceptors (Lipinski definition) is 5. The minimum Gasteiger partial charge on any atom is -0.383 e. The normalized spacial score (nSPS) is 11.3. The average Bonchev–Trinajstić information content (AvgIpc) is 2.98. The van der Waals surface area contributed by atoms with E-state index < -0.39 is 0 Å². The number of imidazole rings is 1. The second-order valence-corrected chi connectivity index (χ2v) is 4.90. The average molecular weight is 266 g/mol. The molecule has 2 aromatic heterocycles. The summed E-state index contributed by atoms with van der Waals surface area (Å²) in [5.41, 5.74) is 2.97. The van der Waals surface area contributed by atoms with Crippen molar-refractivity contribution in [2.45, 2.75) is 19.6 Å². The second kappa shape index (κ2) is 6.63. The fourth-order valence-electron chi connectivity index (χ4n) is 1.77. The molecule has 0 atom stereocenters. The summed E-state index contributed by atoms with van der Waals surface area (Å²) in [5, 5.41) is 2.08. The molecule has 18 heavy (non-hydrogen) atoms. The van der Waals surface area contributed by atoms with Crippen LogP contribution in [-0.2, 0) is 24.4 Å². The fourth-order valence-corrected chi connectivity index (χ4v) is 2.32. The fraction of sp³-hybridized carbons (Fsp3) is 0.500. The quantitative estimate of drug-likeness (QED) is 0.764. The molecule has 2 aromatic rings. The van der Waals surface area contributed by atoms with Gasteiger partial charge < -0.3 is 9.30 Å². The van der Waals surface area contributed by atoms with Gasteiger partial charge in [0.15, 0.2) is 0 Å². The van der Waals surface area contributed by atoms with Crippen LogP contribution in [0.25, 0.3) is 0 Å². The van der Waals surface area contributed by atoms with Gasteiger partial charge in [0.05, 0.1) is 24.4 Å². The first kappa shape index (κ1) is 13.2. The van der Waals surface area contributed by atoms with Crippen LogP contribution >= 0.6 is 11.3 Å².